The van der Waals surface area contributed by atoms with E-state index in [0.717, 1.165) is 12.8 Å². The van der Waals surface area contributed by atoms with Gasteiger partial charge in [-0.3, -0.25) is 0 Å². The lowest BCUT2D eigenvalue weighted by molar-refractivity contribution is 0.121. The molecule has 0 saturated carbocycles. The van der Waals surface area contributed by atoms with E-state index in [-0.39, 0.29) is 10.8 Å². The molecular formula is C14H19ClFNO3S. The van der Waals surface area contributed by atoms with E-state index in [1.165, 1.54) is 16.4 Å². The molecule has 1 aliphatic rings. The van der Waals surface area contributed by atoms with Crippen LogP contribution in [-0.4, -0.2) is 39.5 Å². The Hall–Kier alpha value is -0.690. The van der Waals surface area contributed by atoms with Gasteiger partial charge in [0.15, 0.2) is 0 Å². The Morgan fingerprint density at radius 1 is 1.38 bits per heavy atom. The van der Waals surface area contributed by atoms with Crippen molar-refractivity contribution in [2.24, 2.45) is 5.92 Å². The third kappa shape index (κ3) is 3.74. The Morgan fingerprint density at radius 2 is 2.05 bits per heavy atom. The first kappa shape index (κ1) is 16.7. The number of halogens is 2. The first-order valence-corrected chi connectivity index (χ1v) is 8.80. The second-order valence-corrected chi connectivity index (χ2v) is 7.37. The molecule has 0 N–H and O–H groups in total. The highest BCUT2D eigenvalue weighted by atomic mass is 35.5. The van der Waals surface area contributed by atoms with Gasteiger partial charge in [0, 0.05) is 32.7 Å². The van der Waals surface area contributed by atoms with Gasteiger partial charge in [0.05, 0.1) is 0 Å². The summed E-state index contributed by atoms with van der Waals surface area (Å²) < 4.78 is 45.4. The van der Waals surface area contributed by atoms with Gasteiger partial charge in [0.1, 0.15) is 10.7 Å². The number of benzene rings is 1. The minimum Gasteiger partial charge on any atom is -0.384 e. The molecule has 118 valence electrons. The van der Waals surface area contributed by atoms with E-state index < -0.39 is 15.8 Å². The quantitative estimate of drug-likeness (QED) is 0.777. The minimum absolute atomic E-state index is 0.152. The van der Waals surface area contributed by atoms with Crippen LogP contribution >= 0.6 is 11.6 Å². The monoisotopic (exact) mass is 335 g/mol. The lowest BCUT2D eigenvalue weighted by atomic mass is 9.99. The Bertz CT molecular complexity index is 586. The summed E-state index contributed by atoms with van der Waals surface area (Å²) in [6.45, 7) is 1.42. The molecule has 0 atom stereocenters. The number of sulfonamides is 1. The molecule has 21 heavy (non-hydrogen) atoms. The highest BCUT2D eigenvalue weighted by Gasteiger charge is 2.31. The van der Waals surface area contributed by atoms with Gasteiger partial charge < -0.3 is 4.74 Å². The molecular weight excluding hydrogens is 317 g/mol. The van der Waals surface area contributed by atoms with Crippen molar-refractivity contribution in [1.82, 2.24) is 4.31 Å². The first-order valence-electron chi connectivity index (χ1n) is 6.82. The number of hydrogen-bond acceptors (Lipinski definition) is 3. The fourth-order valence-electron chi connectivity index (χ4n) is 2.53. The molecule has 0 bridgehead atoms. The number of nitrogens with zero attached hydrogens (tertiary/aromatic N) is 1. The molecule has 1 saturated heterocycles. The second kappa shape index (κ2) is 7.05. The highest BCUT2D eigenvalue weighted by molar-refractivity contribution is 7.89. The fraction of sp³-hybridized carbons (Fsp3) is 0.571. The predicted molar refractivity (Wildman–Crippen MR) is 79.3 cm³/mol. The van der Waals surface area contributed by atoms with Crippen LogP contribution in [0.15, 0.2) is 23.1 Å². The maximum Gasteiger partial charge on any atom is 0.245 e. The SMILES string of the molecule is COCC1CCN(S(=O)(=O)c2ccc(CCl)cc2F)CC1. The molecule has 0 radical (unpaired) electrons. The summed E-state index contributed by atoms with van der Waals surface area (Å²) in [4.78, 5) is -0.276. The van der Waals surface area contributed by atoms with Crippen molar-refractivity contribution in [2.45, 2.75) is 23.6 Å². The molecule has 1 heterocycles. The average molecular weight is 336 g/mol. The standard InChI is InChI=1S/C14H19ClFNO3S/c1-20-10-11-4-6-17(7-5-11)21(18,19)14-3-2-12(9-15)8-13(14)16/h2-3,8,11H,4-7,9-10H2,1H3. The topological polar surface area (TPSA) is 46.6 Å². The Morgan fingerprint density at radius 3 is 2.57 bits per heavy atom. The van der Waals surface area contributed by atoms with E-state index in [1.54, 1.807) is 13.2 Å². The highest BCUT2D eigenvalue weighted by Crippen LogP contribution is 2.26. The van der Waals surface area contributed by atoms with Gasteiger partial charge in [-0.25, -0.2) is 12.8 Å². The van der Waals surface area contributed by atoms with Gasteiger partial charge in [-0.15, -0.1) is 11.6 Å². The Labute approximate surface area is 129 Å². The van der Waals surface area contributed by atoms with Crippen molar-refractivity contribution in [3.05, 3.63) is 29.6 Å². The third-order valence-electron chi connectivity index (χ3n) is 3.74. The van der Waals surface area contributed by atoms with Gasteiger partial charge in [-0.1, -0.05) is 6.07 Å². The maximum atomic E-state index is 14.0. The summed E-state index contributed by atoms with van der Waals surface area (Å²) in [5.74, 6) is -0.225. The zero-order chi connectivity index (χ0) is 15.5. The number of rotatable bonds is 5. The second-order valence-electron chi connectivity index (χ2n) is 5.20. The summed E-state index contributed by atoms with van der Waals surface area (Å²) in [6, 6.07) is 4.02. The summed E-state index contributed by atoms with van der Waals surface area (Å²) in [5.41, 5.74) is 0.562. The average Bonchev–Trinajstić information content (AvgIpc) is 2.47. The molecule has 0 amide bonds. The van der Waals surface area contributed by atoms with Crippen molar-refractivity contribution in [3.8, 4) is 0 Å². The number of hydrogen-bond donors (Lipinski definition) is 0. The van der Waals surface area contributed by atoms with Gasteiger partial charge >= 0.3 is 0 Å². The van der Waals surface area contributed by atoms with Crippen LogP contribution in [0.25, 0.3) is 0 Å². The van der Waals surface area contributed by atoms with Crippen LogP contribution in [0.2, 0.25) is 0 Å². The number of piperidine rings is 1. The van der Waals surface area contributed by atoms with E-state index in [2.05, 4.69) is 0 Å². The van der Waals surface area contributed by atoms with Crippen molar-refractivity contribution in [3.63, 3.8) is 0 Å². The van der Waals surface area contributed by atoms with E-state index in [0.29, 0.717) is 31.2 Å². The van der Waals surface area contributed by atoms with Gasteiger partial charge in [-0.05, 0) is 36.5 Å². The van der Waals surface area contributed by atoms with Crippen molar-refractivity contribution < 1.29 is 17.5 Å². The van der Waals surface area contributed by atoms with Gasteiger partial charge in [0.25, 0.3) is 0 Å². The van der Waals surface area contributed by atoms with E-state index in [1.807, 2.05) is 0 Å². The summed E-state index contributed by atoms with van der Waals surface area (Å²) >= 11 is 5.62. The smallest absolute Gasteiger partial charge is 0.245 e. The molecule has 0 aromatic heterocycles. The molecule has 1 aromatic rings. The van der Waals surface area contributed by atoms with Crippen LogP contribution in [-0.2, 0) is 20.6 Å². The third-order valence-corrected chi connectivity index (χ3v) is 5.98. The largest absolute Gasteiger partial charge is 0.384 e. The van der Waals surface area contributed by atoms with Crippen molar-refractivity contribution >= 4 is 21.6 Å². The molecule has 1 fully saturated rings. The summed E-state index contributed by atoms with van der Waals surface area (Å²) in [7, 11) is -2.15. The van der Waals surface area contributed by atoms with Crippen LogP contribution in [0.4, 0.5) is 4.39 Å². The predicted octanol–water partition coefficient (Wildman–Crippen LogP) is 2.61. The molecule has 4 nitrogen and oxygen atoms in total. The van der Waals surface area contributed by atoms with Crippen LogP contribution in [0.3, 0.4) is 0 Å². The van der Waals surface area contributed by atoms with Crippen molar-refractivity contribution in [1.29, 1.82) is 0 Å². The van der Waals surface area contributed by atoms with Crippen LogP contribution in [0.1, 0.15) is 18.4 Å². The molecule has 0 unspecified atom stereocenters. The lowest BCUT2D eigenvalue weighted by Crippen LogP contribution is -2.39. The zero-order valence-electron chi connectivity index (χ0n) is 11.9. The lowest BCUT2D eigenvalue weighted by Gasteiger charge is -2.30. The molecule has 0 spiro atoms. The van der Waals surface area contributed by atoms with E-state index in [9.17, 15) is 12.8 Å². The zero-order valence-corrected chi connectivity index (χ0v) is 13.5. The maximum absolute atomic E-state index is 14.0. The summed E-state index contributed by atoms with van der Waals surface area (Å²) in [6.07, 6.45) is 1.46. The first-order chi connectivity index (χ1) is 9.98. The Kier molecular flexibility index (Phi) is 5.60. The molecule has 0 aliphatic carbocycles. The molecule has 1 aromatic carbocycles. The van der Waals surface area contributed by atoms with Gasteiger partial charge in [-0.2, -0.15) is 4.31 Å². The van der Waals surface area contributed by atoms with Crippen LogP contribution in [0.5, 0.6) is 0 Å². The van der Waals surface area contributed by atoms with E-state index >= 15 is 0 Å². The van der Waals surface area contributed by atoms with Crippen LogP contribution < -0.4 is 0 Å². The molecule has 2 rings (SSSR count). The van der Waals surface area contributed by atoms with Crippen LogP contribution in [0, 0.1) is 11.7 Å². The summed E-state index contributed by atoms with van der Waals surface area (Å²) in [5, 5.41) is 0. The fourth-order valence-corrected chi connectivity index (χ4v) is 4.21. The Balaban J connectivity index is 2.16. The number of ether oxygens (including phenoxy) is 1. The number of methoxy groups -OCH3 is 1. The number of alkyl halides is 1. The van der Waals surface area contributed by atoms with Crippen molar-refractivity contribution in [2.75, 3.05) is 26.8 Å². The minimum atomic E-state index is -3.78. The normalized spacial score (nSPS) is 18.0. The molecule has 7 heteroatoms. The van der Waals surface area contributed by atoms with Gasteiger partial charge in [0.2, 0.25) is 10.0 Å². The van der Waals surface area contributed by atoms with E-state index in [4.69, 9.17) is 16.3 Å². The molecule has 1 aliphatic heterocycles.